The van der Waals surface area contributed by atoms with E-state index in [4.69, 9.17) is 0 Å². The number of likely N-dealkylation sites (N-methyl/N-ethyl adjacent to an activating group) is 1. The number of rotatable bonds is 7. The summed E-state index contributed by atoms with van der Waals surface area (Å²) in [5, 5.41) is 2.76. The van der Waals surface area contributed by atoms with E-state index in [0.717, 1.165) is 17.7 Å². The van der Waals surface area contributed by atoms with Crippen LogP contribution in [0.25, 0.3) is 0 Å². The Balaban J connectivity index is 0.00000352. The molecule has 7 heteroatoms. The molecule has 3 nitrogen and oxygen atoms in total. The molecule has 28 heavy (non-hydrogen) atoms. The van der Waals surface area contributed by atoms with Crippen LogP contribution in [0.3, 0.4) is 0 Å². The molecule has 2 amide bonds. The molecule has 1 aromatic rings. The van der Waals surface area contributed by atoms with Gasteiger partial charge in [0.25, 0.3) is 0 Å². The van der Waals surface area contributed by atoms with E-state index in [-0.39, 0.29) is 12.6 Å². The van der Waals surface area contributed by atoms with Crippen molar-refractivity contribution in [2.75, 3.05) is 13.1 Å². The Morgan fingerprint density at radius 2 is 1.79 bits per heavy atom. The van der Waals surface area contributed by atoms with Crippen molar-refractivity contribution in [2.45, 2.75) is 40.4 Å². The predicted octanol–water partition coefficient (Wildman–Crippen LogP) is 6.59. The summed E-state index contributed by atoms with van der Waals surface area (Å²) in [6, 6.07) is 9.07. The third-order valence-electron chi connectivity index (χ3n) is 3.40. The fraction of sp³-hybridized carbons (Fsp3) is 0.381. The van der Waals surface area contributed by atoms with Crippen molar-refractivity contribution in [3.05, 3.63) is 70.3 Å². The molecule has 0 atom stereocenters. The lowest BCUT2D eigenvalue weighted by molar-refractivity contribution is -0.0881. The minimum Gasteiger partial charge on any atom is -0.334 e. The van der Waals surface area contributed by atoms with Gasteiger partial charge in [0, 0.05) is 19.6 Å². The van der Waals surface area contributed by atoms with Crippen molar-refractivity contribution in [3.8, 4) is 0 Å². The molecule has 0 radical (unpaired) electrons. The van der Waals surface area contributed by atoms with Gasteiger partial charge in [-0.3, -0.25) is 0 Å². The van der Waals surface area contributed by atoms with Crippen molar-refractivity contribution >= 4 is 22.0 Å². The van der Waals surface area contributed by atoms with E-state index in [0.29, 0.717) is 17.6 Å². The largest absolute Gasteiger partial charge is 0.416 e. The maximum atomic E-state index is 13.0. The van der Waals surface area contributed by atoms with Gasteiger partial charge in [-0.2, -0.15) is 13.2 Å². The number of carbonyl (C=O) groups is 1. The summed E-state index contributed by atoms with van der Waals surface area (Å²) < 4.78 is 39.5. The molecule has 0 aliphatic carbocycles. The van der Waals surface area contributed by atoms with Gasteiger partial charge in [-0.15, -0.1) is 0 Å². The fourth-order valence-corrected chi connectivity index (χ4v) is 2.13. The third kappa shape index (κ3) is 11.0. The van der Waals surface area contributed by atoms with E-state index >= 15 is 0 Å². The smallest absolute Gasteiger partial charge is 0.334 e. The van der Waals surface area contributed by atoms with Gasteiger partial charge in [-0.25, -0.2) is 4.79 Å². The number of benzene rings is 1. The first-order valence-electron chi connectivity index (χ1n) is 9.08. The molecular formula is C21H28BrF3N2O. The highest BCUT2D eigenvalue weighted by molar-refractivity contribution is 9.11. The van der Waals surface area contributed by atoms with Gasteiger partial charge in [-0.05, 0) is 30.0 Å². The summed E-state index contributed by atoms with van der Waals surface area (Å²) >= 11 is 3.09. The molecule has 0 aliphatic rings. The predicted molar refractivity (Wildman–Crippen MR) is 113 cm³/mol. The molecular weight excluding hydrogens is 433 g/mol. The van der Waals surface area contributed by atoms with Crippen LogP contribution in [0.2, 0.25) is 0 Å². The van der Waals surface area contributed by atoms with Crippen LogP contribution in [0.1, 0.15) is 33.3 Å². The summed E-state index contributed by atoms with van der Waals surface area (Å²) in [7, 11) is 0. The molecule has 1 N–H and O–H groups in total. The number of carbonyl (C=O) groups excluding carboxylic acids is 1. The van der Waals surface area contributed by atoms with Crippen LogP contribution in [0.5, 0.6) is 0 Å². The molecule has 0 heterocycles. The Morgan fingerprint density at radius 3 is 2.29 bits per heavy atom. The monoisotopic (exact) mass is 460 g/mol. The van der Waals surface area contributed by atoms with Gasteiger partial charge in [-0.1, -0.05) is 78.3 Å². The Kier molecular flexibility index (Phi) is 13.0. The molecule has 0 aromatic heterocycles. The van der Waals surface area contributed by atoms with Gasteiger partial charge in [0.2, 0.25) is 0 Å². The molecule has 1 rings (SSSR count). The Bertz CT molecular complexity index is 664. The lowest BCUT2D eigenvalue weighted by atomic mass is 10.2. The minimum absolute atomic E-state index is 0.0849. The van der Waals surface area contributed by atoms with Gasteiger partial charge >= 0.3 is 12.2 Å². The number of nitrogens with one attached hydrogen (secondary N) is 1. The third-order valence-corrected chi connectivity index (χ3v) is 3.66. The van der Waals surface area contributed by atoms with E-state index in [1.54, 1.807) is 13.8 Å². The van der Waals surface area contributed by atoms with Gasteiger partial charge < -0.3 is 10.2 Å². The maximum Gasteiger partial charge on any atom is 0.416 e. The first-order chi connectivity index (χ1) is 13.2. The van der Waals surface area contributed by atoms with Crippen LogP contribution in [0.15, 0.2) is 64.7 Å². The summed E-state index contributed by atoms with van der Waals surface area (Å²) in [6.45, 7) is 8.25. The summed E-state index contributed by atoms with van der Waals surface area (Å²) in [5.74, 6) is 0. The van der Waals surface area contributed by atoms with Crippen molar-refractivity contribution in [2.24, 2.45) is 0 Å². The average molecular weight is 461 g/mol. The first-order valence-corrected chi connectivity index (χ1v) is 9.87. The Morgan fingerprint density at radius 1 is 1.18 bits per heavy atom. The molecule has 0 fully saturated rings. The second kappa shape index (κ2) is 14.0. The number of urea groups is 1. The molecule has 0 spiro atoms. The zero-order valence-corrected chi connectivity index (χ0v) is 18.3. The summed E-state index contributed by atoms with van der Waals surface area (Å²) in [6.07, 6.45) is 0.188. The second-order valence-electron chi connectivity index (χ2n) is 5.46. The van der Waals surface area contributed by atoms with E-state index in [1.165, 1.54) is 17.1 Å². The van der Waals surface area contributed by atoms with Crippen molar-refractivity contribution in [1.82, 2.24) is 10.2 Å². The van der Waals surface area contributed by atoms with Crippen LogP contribution in [0.4, 0.5) is 18.0 Å². The second-order valence-corrected chi connectivity index (χ2v) is 6.71. The van der Waals surface area contributed by atoms with E-state index in [9.17, 15) is 18.0 Å². The number of hydrogen-bond acceptors (Lipinski definition) is 1. The van der Waals surface area contributed by atoms with Crippen molar-refractivity contribution in [1.29, 1.82) is 0 Å². The van der Waals surface area contributed by atoms with E-state index in [1.807, 2.05) is 44.2 Å². The zero-order chi connectivity index (χ0) is 21.6. The normalized spacial score (nSPS) is 12.4. The van der Waals surface area contributed by atoms with Crippen molar-refractivity contribution in [3.63, 3.8) is 0 Å². The molecule has 0 saturated carbocycles. The highest BCUT2D eigenvalue weighted by Crippen LogP contribution is 2.27. The Hall–Kier alpha value is -2.02. The van der Waals surface area contributed by atoms with Crippen LogP contribution in [-0.2, 0) is 6.54 Å². The van der Waals surface area contributed by atoms with Gasteiger partial charge in [0.15, 0.2) is 0 Å². The standard InChI is InChI=1S/C19H22BrF3N2O.C2H6/c1-3-25(18(26)24-14-16-8-5-4-6-9-16)13-7-10-17(19(21,22)23)12-11-15(2)20;1-2/h4-12H,3,13-14H2,1-2H3,(H,24,26);1-2H3/b10-7+,15-11+,17-12+;. The van der Waals surface area contributed by atoms with Crippen molar-refractivity contribution < 1.29 is 18.0 Å². The van der Waals surface area contributed by atoms with Gasteiger partial charge in [0.1, 0.15) is 0 Å². The minimum atomic E-state index is -4.46. The molecule has 0 aliphatic heterocycles. The van der Waals surface area contributed by atoms with Crippen LogP contribution in [0, 0.1) is 0 Å². The molecule has 156 valence electrons. The SMILES string of the molecule is CC.CCN(C/C=C/C(=C\C=C(/C)Br)C(F)(F)F)C(=O)NCc1ccccc1. The summed E-state index contributed by atoms with van der Waals surface area (Å²) in [5.41, 5.74) is 0.170. The van der Waals surface area contributed by atoms with Gasteiger partial charge in [0.05, 0.1) is 5.57 Å². The summed E-state index contributed by atoms with van der Waals surface area (Å²) in [4.78, 5) is 13.6. The fourth-order valence-electron chi connectivity index (χ4n) is 2.00. The first kappa shape index (κ1) is 26.0. The van der Waals surface area contributed by atoms with Crippen LogP contribution in [-0.4, -0.2) is 30.2 Å². The topological polar surface area (TPSA) is 32.3 Å². The number of amides is 2. The lowest BCUT2D eigenvalue weighted by Crippen LogP contribution is -2.39. The lowest BCUT2D eigenvalue weighted by Gasteiger charge is -2.20. The average Bonchev–Trinajstić information content (AvgIpc) is 2.66. The van der Waals surface area contributed by atoms with E-state index in [2.05, 4.69) is 21.2 Å². The number of allylic oxidation sites excluding steroid dienone is 5. The maximum absolute atomic E-state index is 13.0. The zero-order valence-electron chi connectivity index (χ0n) is 16.7. The number of hydrogen-bond donors (Lipinski definition) is 1. The van der Waals surface area contributed by atoms with E-state index < -0.39 is 11.7 Å². The number of alkyl halides is 3. The number of halogens is 4. The quantitative estimate of drug-likeness (QED) is 0.457. The molecule has 0 bridgehead atoms. The highest BCUT2D eigenvalue weighted by atomic mass is 79.9. The molecule has 0 saturated heterocycles. The van der Waals surface area contributed by atoms with Crippen LogP contribution < -0.4 is 5.32 Å². The van der Waals surface area contributed by atoms with Crippen LogP contribution >= 0.6 is 15.9 Å². The molecule has 1 aromatic carbocycles. The highest BCUT2D eigenvalue weighted by Gasteiger charge is 2.31. The number of nitrogens with zero attached hydrogens (tertiary/aromatic N) is 1. The molecule has 0 unspecified atom stereocenters. The Labute approximate surface area is 174 Å².